The number of nitrogens with one attached hydrogen (secondary N) is 3. The zero-order chi connectivity index (χ0) is 47.6. The molecule has 0 saturated heterocycles. The number of nitrogens with two attached hydrogens (primary N) is 2. The first kappa shape index (κ1) is 45.1. The molecule has 0 aliphatic heterocycles. The Morgan fingerprint density at radius 2 is 0.985 bits per heavy atom. The van der Waals surface area contributed by atoms with Gasteiger partial charge >= 0.3 is 6.03 Å². The van der Waals surface area contributed by atoms with Crippen LogP contribution in [0.4, 0.5) is 39.7 Å². The molecule has 0 spiro atoms. The van der Waals surface area contributed by atoms with E-state index >= 15 is 0 Å². The molecule has 0 fully saturated rings. The highest BCUT2D eigenvalue weighted by Crippen LogP contribution is 2.38. The van der Waals surface area contributed by atoms with E-state index in [0.717, 1.165) is 72.2 Å². The summed E-state index contributed by atoms with van der Waals surface area (Å²) in [6, 6.07) is 41.1. The smallest absolute Gasteiger partial charge is 0.317 e. The molecule has 324 valence electrons. The molecule has 0 aliphatic rings. The number of nitrogen functional groups attached to an aromatic ring is 1. The summed E-state index contributed by atoms with van der Waals surface area (Å²) in [5.74, 6) is 1.32. The first-order valence-corrected chi connectivity index (χ1v) is 20.7. The number of rotatable bonds is 9. The van der Waals surface area contributed by atoms with Gasteiger partial charge in [-0.15, -0.1) is 0 Å². The second-order valence-electron chi connectivity index (χ2n) is 15.3. The number of aromatic nitrogens is 4. The van der Waals surface area contributed by atoms with Crippen molar-refractivity contribution in [3.8, 4) is 46.5 Å². The van der Waals surface area contributed by atoms with Gasteiger partial charge in [-0.2, -0.15) is 31.0 Å². The number of carbonyl (C=O) groups excluding carboxylic acids is 1. The molecule has 2 aromatic heterocycles. The van der Waals surface area contributed by atoms with E-state index in [1.165, 1.54) is 12.2 Å². The van der Waals surface area contributed by atoms with E-state index < -0.39 is 6.03 Å². The minimum absolute atomic E-state index is 0.266. The number of amides is 2. The fourth-order valence-electron chi connectivity index (χ4n) is 7.87. The van der Waals surface area contributed by atoms with Crippen LogP contribution in [-0.4, -0.2) is 26.0 Å². The number of primary amides is 1. The lowest BCUT2D eigenvalue weighted by molar-refractivity contribution is 0.259. The summed E-state index contributed by atoms with van der Waals surface area (Å²) in [4.78, 5) is 30.2. The molecule has 2 heterocycles. The summed E-state index contributed by atoms with van der Waals surface area (Å²) in [7, 11) is 0. The average Bonchev–Trinajstić information content (AvgIpc) is 3.30. The van der Waals surface area contributed by atoms with Gasteiger partial charge in [0.1, 0.15) is 11.6 Å². The number of para-hydroxylation sites is 2. The maximum Gasteiger partial charge on any atom is 0.317 e. The lowest BCUT2D eigenvalue weighted by Gasteiger charge is -2.16. The van der Waals surface area contributed by atoms with Crippen molar-refractivity contribution in [2.45, 2.75) is 27.7 Å². The Bertz CT molecular complexity index is 3410. The zero-order valence-corrected chi connectivity index (χ0v) is 36.8. The van der Waals surface area contributed by atoms with Gasteiger partial charge in [-0.1, -0.05) is 48.5 Å². The van der Waals surface area contributed by atoms with E-state index in [1.807, 2.05) is 88.4 Å². The Morgan fingerprint density at radius 3 is 1.40 bits per heavy atom. The van der Waals surface area contributed by atoms with Crippen LogP contribution in [0, 0.1) is 73.0 Å². The van der Waals surface area contributed by atoms with Gasteiger partial charge in [0.25, 0.3) is 0 Å². The largest absolute Gasteiger partial charge is 0.383 e. The second-order valence-corrected chi connectivity index (χ2v) is 15.3. The zero-order valence-electron chi connectivity index (χ0n) is 36.8. The molecular weight excluding hydrogens is 835 g/mol. The van der Waals surface area contributed by atoms with Gasteiger partial charge in [0.05, 0.1) is 46.4 Å². The van der Waals surface area contributed by atoms with Gasteiger partial charge in [-0.3, -0.25) is 5.32 Å². The van der Waals surface area contributed by atoms with Gasteiger partial charge in [-0.25, -0.2) is 14.8 Å². The normalized spacial score (nSPS) is 10.7. The summed E-state index contributed by atoms with van der Waals surface area (Å²) >= 11 is 0. The standard InChI is InChI=1S/C27H21N7O.C26H20N6/c1-16-13-19(5-4-12-28)14-17(2)23(16)21-6-3-7-22-24(21)32-27(34-25(22)33-26(30)35)31-20-10-8-18(15-29)9-11-20;1-16-13-19(5-4-12-27)14-17(2)23(16)21-6-3-7-22-24(21)31-26(32-25(22)29)30-20-10-8-18(15-28)9-11-20/h3-11,13-14H,1-2H3,(H4,30,31,32,33,34,35);3-11,13-14H,1-2H3,(H3,29,30,31,32)/b2*5-4+. The molecular formula is C53H41N13O. The van der Waals surface area contributed by atoms with Crippen LogP contribution in [0.25, 0.3) is 56.2 Å². The highest BCUT2D eigenvalue weighted by Gasteiger charge is 2.18. The Hall–Kier alpha value is -9.89. The van der Waals surface area contributed by atoms with Crippen molar-refractivity contribution in [3.05, 3.63) is 166 Å². The molecule has 2 amide bonds. The minimum Gasteiger partial charge on any atom is -0.383 e. The maximum atomic E-state index is 11.7. The quantitative estimate of drug-likeness (QED) is 0.0849. The Kier molecular flexibility index (Phi) is 13.5. The van der Waals surface area contributed by atoms with Crippen LogP contribution in [0.1, 0.15) is 44.5 Å². The molecule has 6 aromatic carbocycles. The molecule has 0 bridgehead atoms. The fourth-order valence-corrected chi connectivity index (χ4v) is 7.87. The number of carbonyl (C=O) groups is 1. The van der Waals surface area contributed by atoms with Crippen LogP contribution < -0.4 is 27.4 Å². The van der Waals surface area contributed by atoms with Crippen molar-refractivity contribution in [1.82, 2.24) is 19.9 Å². The van der Waals surface area contributed by atoms with Crippen molar-refractivity contribution in [1.29, 1.82) is 21.0 Å². The highest BCUT2D eigenvalue weighted by molar-refractivity contribution is 6.05. The molecule has 8 aromatic rings. The van der Waals surface area contributed by atoms with Crippen molar-refractivity contribution in [3.63, 3.8) is 0 Å². The molecule has 0 radical (unpaired) electrons. The molecule has 0 aliphatic carbocycles. The first-order chi connectivity index (χ1) is 32.4. The number of hydrogen-bond acceptors (Lipinski definition) is 12. The van der Waals surface area contributed by atoms with E-state index in [4.69, 9.17) is 42.5 Å². The maximum absolute atomic E-state index is 11.7. The van der Waals surface area contributed by atoms with E-state index in [9.17, 15) is 4.79 Å². The molecule has 14 nitrogen and oxygen atoms in total. The third-order valence-corrected chi connectivity index (χ3v) is 10.6. The Labute approximate surface area is 386 Å². The van der Waals surface area contributed by atoms with Gasteiger partial charge in [0.2, 0.25) is 11.9 Å². The third kappa shape index (κ3) is 10.3. The lowest BCUT2D eigenvalue weighted by atomic mass is 9.92. The van der Waals surface area contributed by atoms with Crippen LogP contribution >= 0.6 is 0 Å². The number of benzene rings is 6. The van der Waals surface area contributed by atoms with Crippen LogP contribution in [0.5, 0.6) is 0 Å². The summed E-state index contributed by atoms with van der Waals surface area (Å²) in [6.07, 6.45) is 6.49. The second kappa shape index (κ2) is 20.1. The summed E-state index contributed by atoms with van der Waals surface area (Å²) < 4.78 is 0. The number of allylic oxidation sites excluding steroid dienone is 2. The number of nitriles is 4. The van der Waals surface area contributed by atoms with Crippen LogP contribution in [0.15, 0.2) is 121 Å². The summed E-state index contributed by atoms with van der Waals surface area (Å²) in [5, 5.41) is 46.0. The summed E-state index contributed by atoms with van der Waals surface area (Å²) in [6.45, 7) is 8.10. The van der Waals surface area contributed by atoms with Gasteiger partial charge in [0.15, 0.2) is 0 Å². The predicted molar refractivity (Wildman–Crippen MR) is 265 cm³/mol. The number of nitrogens with zero attached hydrogens (tertiary/aromatic N) is 8. The SMILES string of the molecule is Cc1cc(/C=C/C#N)cc(C)c1-c1cccc2c(N)nc(Nc3ccc(C#N)cc3)nc12.Cc1cc(/C=C/C#N)cc(C)c1-c1cccc2c(NC(N)=O)nc(Nc3ccc(C#N)cc3)nc12. The van der Waals surface area contributed by atoms with Crippen molar-refractivity contribution in [2.24, 2.45) is 5.73 Å². The van der Waals surface area contributed by atoms with E-state index in [1.54, 1.807) is 60.7 Å². The van der Waals surface area contributed by atoms with Crippen molar-refractivity contribution < 1.29 is 4.79 Å². The van der Waals surface area contributed by atoms with E-state index in [-0.39, 0.29) is 11.8 Å². The fraction of sp³-hybridized carbons (Fsp3) is 0.0755. The van der Waals surface area contributed by atoms with Crippen LogP contribution in [0.3, 0.4) is 0 Å². The van der Waals surface area contributed by atoms with Crippen molar-refractivity contribution >= 4 is 74.9 Å². The van der Waals surface area contributed by atoms with Gasteiger partial charge in [-0.05, 0) is 145 Å². The number of fused-ring (bicyclic) bond motifs is 2. The molecule has 14 heteroatoms. The molecule has 8 rings (SSSR count). The Balaban J connectivity index is 0.000000200. The van der Waals surface area contributed by atoms with Crippen LogP contribution in [0.2, 0.25) is 0 Å². The van der Waals surface area contributed by atoms with E-state index in [0.29, 0.717) is 39.5 Å². The monoisotopic (exact) mass is 875 g/mol. The van der Waals surface area contributed by atoms with Crippen molar-refractivity contribution in [2.75, 3.05) is 21.7 Å². The topological polar surface area (TPSA) is 252 Å². The first-order valence-electron chi connectivity index (χ1n) is 20.7. The lowest BCUT2D eigenvalue weighted by Crippen LogP contribution is -2.20. The number of aryl methyl sites for hydroxylation is 4. The summed E-state index contributed by atoms with van der Waals surface area (Å²) in [5.41, 5.74) is 25.6. The average molecular weight is 876 g/mol. The minimum atomic E-state index is -0.735. The predicted octanol–water partition coefficient (Wildman–Crippen LogP) is 11.2. The molecule has 0 atom stereocenters. The third-order valence-electron chi connectivity index (χ3n) is 10.6. The van der Waals surface area contributed by atoms with E-state index in [2.05, 4.69) is 50.2 Å². The molecule has 0 unspecified atom stereocenters. The van der Waals surface area contributed by atoms with Crippen LogP contribution in [-0.2, 0) is 0 Å². The molecule has 7 N–H and O–H groups in total. The molecule has 0 saturated carbocycles. The number of hydrogen-bond donors (Lipinski definition) is 5. The van der Waals surface area contributed by atoms with Gasteiger partial charge < -0.3 is 22.1 Å². The van der Waals surface area contributed by atoms with Gasteiger partial charge in [0, 0.05) is 45.4 Å². The molecule has 67 heavy (non-hydrogen) atoms. The number of anilines is 6. The number of urea groups is 1. The Morgan fingerprint density at radius 1 is 0.567 bits per heavy atom. The highest BCUT2D eigenvalue weighted by atomic mass is 16.2.